The first-order valence-electron chi connectivity index (χ1n) is 8.49. The molecule has 1 spiro atoms. The summed E-state index contributed by atoms with van der Waals surface area (Å²) in [6, 6.07) is 11.6. The summed E-state index contributed by atoms with van der Waals surface area (Å²) in [4.78, 5) is 40.5. The van der Waals surface area contributed by atoms with Gasteiger partial charge < -0.3 is 10.2 Å². The van der Waals surface area contributed by atoms with Crippen LogP contribution >= 0.6 is 23.2 Å². The largest absolute Gasteiger partial charge is 0.325 e. The molecule has 2 aromatic carbocycles. The highest BCUT2D eigenvalue weighted by Crippen LogP contribution is 2.43. The van der Waals surface area contributed by atoms with E-state index in [4.69, 9.17) is 23.2 Å². The van der Waals surface area contributed by atoms with E-state index in [1.165, 1.54) is 11.9 Å². The van der Waals surface area contributed by atoms with Crippen molar-refractivity contribution in [2.75, 3.05) is 18.5 Å². The second-order valence-corrected chi connectivity index (χ2v) is 7.37. The lowest BCUT2D eigenvalue weighted by Gasteiger charge is -2.20. The number of halogens is 2. The van der Waals surface area contributed by atoms with Crippen molar-refractivity contribution in [3.63, 3.8) is 0 Å². The van der Waals surface area contributed by atoms with Crippen molar-refractivity contribution in [2.45, 2.75) is 5.54 Å². The molecule has 8 heteroatoms. The molecule has 1 saturated heterocycles. The van der Waals surface area contributed by atoms with Crippen molar-refractivity contribution in [3.05, 3.63) is 69.7 Å². The van der Waals surface area contributed by atoms with Crippen molar-refractivity contribution in [1.29, 1.82) is 0 Å². The first kappa shape index (κ1) is 18.5. The van der Waals surface area contributed by atoms with E-state index in [1.54, 1.807) is 42.5 Å². The number of imide groups is 1. The van der Waals surface area contributed by atoms with Gasteiger partial charge in [0.15, 0.2) is 0 Å². The Kier molecular flexibility index (Phi) is 4.40. The lowest BCUT2D eigenvalue weighted by molar-refractivity contribution is -0.137. The lowest BCUT2D eigenvalue weighted by atomic mass is 9.91. The number of rotatable bonds is 3. The number of hydrogen-bond donors (Lipinski definition) is 1. The van der Waals surface area contributed by atoms with Crippen molar-refractivity contribution in [2.24, 2.45) is 0 Å². The molecule has 2 aromatic rings. The summed E-state index contributed by atoms with van der Waals surface area (Å²) in [6.07, 6.45) is 3.60. The van der Waals surface area contributed by atoms with Gasteiger partial charge in [0.25, 0.3) is 11.8 Å². The van der Waals surface area contributed by atoms with Gasteiger partial charge in [0.05, 0.1) is 15.7 Å². The molecule has 0 bridgehead atoms. The number of para-hydroxylation sites is 1. The molecule has 28 heavy (non-hydrogen) atoms. The monoisotopic (exact) mass is 415 g/mol. The van der Waals surface area contributed by atoms with Crippen LogP contribution < -0.4 is 10.2 Å². The van der Waals surface area contributed by atoms with Gasteiger partial charge in [-0.05, 0) is 23.8 Å². The van der Waals surface area contributed by atoms with Gasteiger partial charge in [0.2, 0.25) is 5.54 Å². The average Bonchev–Trinajstić information content (AvgIpc) is 3.06. The fraction of sp³-hybridized carbons (Fsp3) is 0.150. The Hall–Kier alpha value is -2.83. The summed E-state index contributed by atoms with van der Waals surface area (Å²) >= 11 is 11.9. The molecule has 0 saturated carbocycles. The maximum atomic E-state index is 13.2. The number of benzene rings is 2. The standard InChI is InChI=1S/C20H15Cl2N3O3/c1-24-17(26)20(23-19(24)28)13-6-2-3-7-16(13)25(18(20)27)10-4-5-12-8-9-14(21)15(22)11-12/h2-9,11H,10H2,1H3,(H,23,28)/b5-4+. The maximum Gasteiger partial charge on any atom is 0.325 e. The van der Waals surface area contributed by atoms with Gasteiger partial charge in [-0.3, -0.25) is 14.5 Å². The molecule has 2 aliphatic heterocycles. The topological polar surface area (TPSA) is 69.7 Å². The summed E-state index contributed by atoms with van der Waals surface area (Å²) < 4.78 is 0. The second kappa shape index (κ2) is 6.65. The molecule has 142 valence electrons. The first-order chi connectivity index (χ1) is 13.4. The summed E-state index contributed by atoms with van der Waals surface area (Å²) in [7, 11) is 1.36. The molecule has 1 fully saturated rings. The number of fused-ring (bicyclic) bond motifs is 2. The first-order valence-corrected chi connectivity index (χ1v) is 9.25. The number of nitrogens with zero attached hydrogens (tertiary/aromatic N) is 2. The molecule has 0 radical (unpaired) electrons. The quantitative estimate of drug-likeness (QED) is 0.616. The molecule has 4 rings (SSSR count). The van der Waals surface area contributed by atoms with E-state index in [-0.39, 0.29) is 6.54 Å². The van der Waals surface area contributed by atoms with Gasteiger partial charge >= 0.3 is 6.03 Å². The van der Waals surface area contributed by atoms with Crippen LogP contribution in [0.2, 0.25) is 10.0 Å². The van der Waals surface area contributed by atoms with Crippen LogP contribution in [-0.2, 0) is 15.1 Å². The number of urea groups is 1. The van der Waals surface area contributed by atoms with E-state index in [9.17, 15) is 14.4 Å². The molecule has 4 amide bonds. The van der Waals surface area contributed by atoms with Crippen LogP contribution in [0, 0.1) is 0 Å². The number of carbonyl (C=O) groups excluding carboxylic acids is 3. The lowest BCUT2D eigenvalue weighted by Crippen LogP contribution is -2.52. The molecule has 0 aliphatic carbocycles. The number of anilines is 1. The Labute approximate surface area is 171 Å². The average molecular weight is 416 g/mol. The Morgan fingerprint density at radius 3 is 2.46 bits per heavy atom. The molecule has 1 atom stereocenters. The van der Waals surface area contributed by atoms with Crippen LogP contribution in [0.3, 0.4) is 0 Å². The molecule has 2 heterocycles. The zero-order valence-corrected chi connectivity index (χ0v) is 16.3. The van der Waals surface area contributed by atoms with E-state index in [0.717, 1.165) is 10.5 Å². The van der Waals surface area contributed by atoms with Crippen molar-refractivity contribution >= 4 is 52.8 Å². The minimum Gasteiger partial charge on any atom is -0.311 e. The Balaban J connectivity index is 1.66. The highest BCUT2D eigenvalue weighted by atomic mass is 35.5. The number of nitrogens with one attached hydrogen (secondary N) is 1. The predicted molar refractivity (Wildman–Crippen MR) is 107 cm³/mol. The molecule has 1 unspecified atom stereocenters. The predicted octanol–water partition coefficient (Wildman–Crippen LogP) is 3.43. The zero-order valence-electron chi connectivity index (χ0n) is 14.8. The summed E-state index contributed by atoms with van der Waals surface area (Å²) in [5.74, 6) is -1.05. The second-order valence-electron chi connectivity index (χ2n) is 6.55. The third kappa shape index (κ3) is 2.60. The number of carbonyl (C=O) groups is 3. The van der Waals surface area contributed by atoms with Crippen LogP contribution in [-0.4, -0.2) is 36.3 Å². The van der Waals surface area contributed by atoms with Gasteiger partial charge in [0, 0.05) is 19.2 Å². The number of hydrogen-bond acceptors (Lipinski definition) is 3. The van der Waals surface area contributed by atoms with E-state index in [2.05, 4.69) is 5.32 Å². The minimum absolute atomic E-state index is 0.227. The van der Waals surface area contributed by atoms with Crippen molar-refractivity contribution in [1.82, 2.24) is 10.2 Å². The van der Waals surface area contributed by atoms with Crippen molar-refractivity contribution in [3.8, 4) is 0 Å². The van der Waals surface area contributed by atoms with Crippen LogP contribution in [0.25, 0.3) is 6.08 Å². The Morgan fingerprint density at radius 1 is 1.04 bits per heavy atom. The highest BCUT2D eigenvalue weighted by molar-refractivity contribution is 6.42. The molecular formula is C20H15Cl2N3O3. The zero-order chi connectivity index (χ0) is 20.1. The smallest absolute Gasteiger partial charge is 0.311 e. The van der Waals surface area contributed by atoms with E-state index in [0.29, 0.717) is 21.3 Å². The maximum absolute atomic E-state index is 13.2. The highest BCUT2D eigenvalue weighted by Gasteiger charge is 2.62. The van der Waals surface area contributed by atoms with E-state index < -0.39 is 23.4 Å². The fourth-order valence-electron chi connectivity index (χ4n) is 3.51. The van der Waals surface area contributed by atoms with Crippen LogP contribution in [0.5, 0.6) is 0 Å². The normalized spacial score (nSPS) is 21.2. The summed E-state index contributed by atoms with van der Waals surface area (Å²) in [5, 5.41) is 3.48. The van der Waals surface area contributed by atoms with Crippen LogP contribution in [0.4, 0.5) is 10.5 Å². The van der Waals surface area contributed by atoms with Crippen molar-refractivity contribution < 1.29 is 14.4 Å². The van der Waals surface area contributed by atoms with Gasteiger partial charge in [-0.2, -0.15) is 0 Å². The molecular weight excluding hydrogens is 401 g/mol. The fourth-order valence-corrected chi connectivity index (χ4v) is 3.82. The van der Waals surface area contributed by atoms with Crippen LogP contribution in [0.1, 0.15) is 11.1 Å². The van der Waals surface area contributed by atoms with E-state index in [1.807, 2.05) is 12.1 Å². The van der Waals surface area contributed by atoms with Crippen LogP contribution in [0.15, 0.2) is 48.5 Å². The van der Waals surface area contributed by atoms with E-state index >= 15 is 0 Å². The number of amides is 4. The molecule has 2 aliphatic rings. The third-order valence-corrected chi connectivity index (χ3v) is 5.67. The van der Waals surface area contributed by atoms with Gasteiger partial charge in [-0.15, -0.1) is 0 Å². The minimum atomic E-state index is -1.69. The Morgan fingerprint density at radius 2 is 1.79 bits per heavy atom. The summed E-state index contributed by atoms with van der Waals surface area (Å²) in [5.41, 5.74) is 0.203. The molecule has 0 aromatic heterocycles. The Bertz CT molecular complexity index is 1050. The van der Waals surface area contributed by atoms with Gasteiger partial charge in [0.1, 0.15) is 0 Å². The third-order valence-electron chi connectivity index (χ3n) is 4.93. The van der Waals surface area contributed by atoms with Gasteiger partial charge in [-0.25, -0.2) is 4.79 Å². The SMILES string of the molecule is CN1C(=O)NC2(C1=O)C(=O)N(C/C=C/c1ccc(Cl)c(Cl)c1)c1ccccc12. The molecule has 1 N–H and O–H groups in total. The van der Waals surface area contributed by atoms with Gasteiger partial charge in [-0.1, -0.05) is 59.6 Å². The number of likely N-dealkylation sites (N-methyl/N-ethyl adjacent to an activating group) is 1. The molecule has 6 nitrogen and oxygen atoms in total. The summed E-state index contributed by atoms with van der Waals surface area (Å²) in [6.45, 7) is 0.227.